The Kier molecular flexibility index (Phi) is 6.11. The molecule has 7 nitrogen and oxygen atoms in total. The lowest BCUT2D eigenvalue weighted by atomic mass is 9.76. The van der Waals surface area contributed by atoms with E-state index < -0.39 is 12.1 Å². The molecule has 4 atom stereocenters. The molecule has 1 aromatic carbocycles. The van der Waals surface area contributed by atoms with Gasteiger partial charge in [-0.2, -0.15) is 0 Å². The molecule has 0 unspecified atom stereocenters. The molecule has 2 bridgehead atoms. The van der Waals surface area contributed by atoms with E-state index in [-0.39, 0.29) is 12.2 Å². The molecule has 0 aliphatic carbocycles. The molecule has 0 radical (unpaired) electrons. The summed E-state index contributed by atoms with van der Waals surface area (Å²) in [5, 5.41) is 9.01. The van der Waals surface area contributed by atoms with Crippen LogP contribution in [-0.4, -0.2) is 42.5 Å². The Balaban J connectivity index is 1.55. The average molecular weight is 362 g/mol. The fourth-order valence-corrected chi connectivity index (χ4v) is 3.96. The summed E-state index contributed by atoms with van der Waals surface area (Å²) in [6.07, 6.45) is 3.72. The van der Waals surface area contributed by atoms with Gasteiger partial charge in [0.2, 0.25) is 0 Å². The molecule has 0 saturated carbocycles. The number of carbonyl (C=O) groups is 2. The summed E-state index contributed by atoms with van der Waals surface area (Å²) in [6.45, 7) is 2.97. The Morgan fingerprint density at radius 2 is 1.88 bits per heavy atom. The molecular weight excluding hydrogens is 336 g/mol. The zero-order chi connectivity index (χ0) is 18.5. The Morgan fingerprint density at radius 3 is 2.54 bits per heavy atom. The SMILES string of the molecule is CCCOC(=O)NNC[C@H]1[C@@H](Cc2ccc(C(=O)O)cc2)[C@H]2CC[C@@H]1O2. The third kappa shape index (κ3) is 4.34. The van der Waals surface area contributed by atoms with Gasteiger partial charge in [0.1, 0.15) is 0 Å². The first-order valence-corrected chi connectivity index (χ1v) is 9.21. The van der Waals surface area contributed by atoms with Crippen molar-refractivity contribution in [2.75, 3.05) is 13.2 Å². The second-order valence-corrected chi connectivity index (χ2v) is 6.97. The first-order chi connectivity index (χ1) is 12.6. The van der Waals surface area contributed by atoms with E-state index in [9.17, 15) is 9.59 Å². The summed E-state index contributed by atoms with van der Waals surface area (Å²) in [5.74, 6) is -0.257. The van der Waals surface area contributed by atoms with Crippen molar-refractivity contribution >= 4 is 12.1 Å². The first kappa shape index (κ1) is 18.7. The molecular formula is C19H26N2O5. The third-order valence-electron chi connectivity index (χ3n) is 5.23. The molecule has 3 rings (SSSR count). The van der Waals surface area contributed by atoms with E-state index in [2.05, 4.69) is 10.9 Å². The summed E-state index contributed by atoms with van der Waals surface area (Å²) in [7, 11) is 0. The number of carboxylic acids is 1. The van der Waals surface area contributed by atoms with E-state index in [0.29, 0.717) is 30.6 Å². The van der Waals surface area contributed by atoms with Gasteiger partial charge in [0.25, 0.3) is 0 Å². The van der Waals surface area contributed by atoms with Gasteiger partial charge >= 0.3 is 12.1 Å². The van der Waals surface area contributed by atoms with Gasteiger partial charge in [0.05, 0.1) is 24.4 Å². The van der Waals surface area contributed by atoms with E-state index in [1.165, 1.54) is 0 Å². The highest BCUT2D eigenvalue weighted by molar-refractivity contribution is 5.87. The van der Waals surface area contributed by atoms with Crippen LogP contribution >= 0.6 is 0 Å². The first-order valence-electron chi connectivity index (χ1n) is 9.21. The number of hydrazine groups is 1. The quantitative estimate of drug-likeness (QED) is 0.614. The normalized spacial score (nSPS) is 26.7. The number of carbonyl (C=O) groups excluding carboxylic acids is 1. The fourth-order valence-electron chi connectivity index (χ4n) is 3.96. The van der Waals surface area contributed by atoms with E-state index >= 15 is 0 Å². The molecule has 2 heterocycles. The molecule has 0 aromatic heterocycles. The highest BCUT2D eigenvalue weighted by Crippen LogP contribution is 2.44. The molecule has 2 aliphatic heterocycles. The number of carboxylic acid groups (broad SMARTS) is 1. The Bertz CT molecular complexity index is 633. The van der Waals surface area contributed by atoms with Crippen LogP contribution < -0.4 is 10.9 Å². The number of hydrogen-bond acceptors (Lipinski definition) is 5. The number of rotatable bonds is 8. The van der Waals surface area contributed by atoms with Crippen LogP contribution in [-0.2, 0) is 15.9 Å². The van der Waals surface area contributed by atoms with Crippen LogP contribution in [0.3, 0.4) is 0 Å². The van der Waals surface area contributed by atoms with Gasteiger partial charge in [-0.3, -0.25) is 5.43 Å². The maximum absolute atomic E-state index is 11.5. The van der Waals surface area contributed by atoms with Crippen molar-refractivity contribution in [3.63, 3.8) is 0 Å². The van der Waals surface area contributed by atoms with Crippen molar-refractivity contribution in [2.45, 2.75) is 44.8 Å². The second kappa shape index (κ2) is 8.51. The maximum atomic E-state index is 11.5. The number of nitrogens with one attached hydrogen (secondary N) is 2. The van der Waals surface area contributed by atoms with Crippen LogP contribution in [0.2, 0.25) is 0 Å². The Morgan fingerprint density at radius 1 is 1.19 bits per heavy atom. The van der Waals surface area contributed by atoms with E-state index in [1.807, 2.05) is 19.1 Å². The van der Waals surface area contributed by atoms with Crippen molar-refractivity contribution < 1.29 is 24.2 Å². The van der Waals surface area contributed by atoms with Gasteiger partial charge < -0.3 is 14.6 Å². The standard InChI is InChI=1S/C19H26N2O5/c1-2-9-25-19(24)21-20-11-15-14(16-7-8-17(15)26-16)10-12-3-5-13(6-4-12)18(22)23/h3-6,14-17,20H,2,7-11H2,1H3,(H,21,24)(H,22,23)/t14-,15+,16-,17+/m1/s1. The number of ether oxygens (including phenoxy) is 2. The largest absolute Gasteiger partial charge is 0.478 e. The van der Waals surface area contributed by atoms with Gasteiger partial charge in [0, 0.05) is 12.5 Å². The predicted molar refractivity (Wildman–Crippen MR) is 94.8 cm³/mol. The summed E-state index contributed by atoms with van der Waals surface area (Å²) in [5.41, 5.74) is 6.96. The minimum atomic E-state index is -0.914. The van der Waals surface area contributed by atoms with Crippen LogP contribution in [0.1, 0.15) is 42.1 Å². The monoisotopic (exact) mass is 362 g/mol. The van der Waals surface area contributed by atoms with Crippen LogP contribution in [0.15, 0.2) is 24.3 Å². The molecule has 26 heavy (non-hydrogen) atoms. The lowest BCUT2D eigenvalue weighted by Crippen LogP contribution is -2.44. The summed E-state index contributed by atoms with van der Waals surface area (Å²) < 4.78 is 11.1. The number of amides is 1. The Labute approximate surface area is 153 Å². The van der Waals surface area contributed by atoms with Crippen LogP contribution in [0.4, 0.5) is 4.79 Å². The zero-order valence-electron chi connectivity index (χ0n) is 14.9. The van der Waals surface area contributed by atoms with Crippen molar-refractivity contribution in [3.8, 4) is 0 Å². The Hall–Kier alpha value is -2.12. The minimum Gasteiger partial charge on any atom is -0.478 e. The van der Waals surface area contributed by atoms with Gasteiger partial charge in [-0.05, 0) is 49.3 Å². The highest BCUT2D eigenvalue weighted by Gasteiger charge is 2.48. The second-order valence-electron chi connectivity index (χ2n) is 6.97. The van der Waals surface area contributed by atoms with E-state index in [0.717, 1.165) is 31.2 Å². The molecule has 7 heteroatoms. The molecule has 3 N–H and O–H groups in total. The number of hydrogen-bond donors (Lipinski definition) is 3. The molecule has 0 spiro atoms. The fraction of sp³-hybridized carbons (Fsp3) is 0.579. The topological polar surface area (TPSA) is 96.9 Å². The van der Waals surface area contributed by atoms with Crippen molar-refractivity contribution in [1.82, 2.24) is 10.9 Å². The lowest BCUT2D eigenvalue weighted by molar-refractivity contribution is 0.0696. The van der Waals surface area contributed by atoms with Gasteiger partial charge in [-0.25, -0.2) is 15.0 Å². The highest BCUT2D eigenvalue weighted by atomic mass is 16.6. The number of fused-ring (bicyclic) bond motifs is 2. The molecule has 2 saturated heterocycles. The number of aromatic carboxylic acids is 1. The van der Waals surface area contributed by atoms with Gasteiger partial charge in [-0.1, -0.05) is 19.1 Å². The van der Waals surface area contributed by atoms with Crippen molar-refractivity contribution in [1.29, 1.82) is 0 Å². The molecule has 2 aliphatic rings. The van der Waals surface area contributed by atoms with Crippen molar-refractivity contribution in [2.24, 2.45) is 11.8 Å². The smallest absolute Gasteiger partial charge is 0.421 e. The van der Waals surface area contributed by atoms with E-state index in [1.54, 1.807) is 12.1 Å². The van der Waals surface area contributed by atoms with Crippen LogP contribution in [0, 0.1) is 11.8 Å². The van der Waals surface area contributed by atoms with Crippen LogP contribution in [0.25, 0.3) is 0 Å². The van der Waals surface area contributed by atoms with E-state index in [4.69, 9.17) is 14.6 Å². The van der Waals surface area contributed by atoms with Crippen molar-refractivity contribution in [3.05, 3.63) is 35.4 Å². The molecule has 2 fully saturated rings. The predicted octanol–water partition coefficient (Wildman–Crippen LogP) is 2.36. The van der Waals surface area contributed by atoms with Gasteiger partial charge in [0.15, 0.2) is 0 Å². The summed E-state index contributed by atoms with van der Waals surface area (Å²) in [6, 6.07) is 7.04. The lowest BCUT2D eigenvalue weighted by Gasteiger charge is -2.28. The third-order valence-corrected chi connectivity index (χ3v) is 5.23. The minimum absolute atomic E-state index is 0.212. The molecule has 1 aromatic rings. The number of benzene rings is 1. The zero-order valence-corrected chi connectivity index (χ0v) is 14.9. The van der Waals surface area contributed by atoms with Crippen LogP contribution in [0.5, 0.6) is 0 Å². The maximum Gasteiger partial charge on any atom is 0.421 e. The molecule has 142 valence electrons. The average Bonchev–Trinajstić information content (AvgIpc) is 3.23. The van der Waals surface area contributed by atoms with Gasteiger partial charge in [-0.15, -0.1) is 0 Å². The molecule has 1 amide bonds. The summed E-state index contributed by atoms with van der Waals surface area (Å²) in [4.78, 5) is 22.5. The summed E-state index contributed by atoms with van der Waals surface area (Å²) >= 11 is 0.